The molecule has 1 saturated heterocycles. The van der Waals surface area contributed by atoms with Crippen molar-refractivity contribution in [2.45, 2.75) is 12.8 Å². The van der Waals surface area contributed by atoms with E-state index in [-0.39, 0.29) is 5.82 Å². The SMILES string of the molecule is Fc1cccc(-c2cncc3[nH]c(-c4cc(-c5cncc(OCCN6CCCC6)c5)n[nH]4)cc23)c1. The van der Waals surface area contributed by atoms with Gasteiger partial charge < -0.3 is 9.72 Å². The lowest BCUT2D eigenvalue weighted by molar-refractivity contribution is 0.237. The van der Waals surface area contributed by atoms with Crippen LogP contribution in [0, 0.1) is 5.82 Å². The van der Waals surface area contributed by atoms with Crippen LogP contribution in [0.15, 0.2) is 67.3 Å². The van der Waals surface area contributed by atoms with Gasteiger partial charge in [0.25, 0.3) is 0 Å². The molecule has 7 nitrogen and oxygen atoms in total. The molecule has 0 saturated carbocycles. The van der Waals surface area contributed by atoms with Crippen molar-refractivity contribution < 1.29 is 9.13 Å². The Kier molecular flexibility index (Phi) is 5.71. The van der Waals surface area contributed by atoms with E-state index in [0.29, 0.717) is 6.61 Å². The van der Waals surface area contributed by atoms with Gasteiger partial charge in [-0.3, -0.25) is 20.0 Å². The number of nitrogens with zero attached hydrogens (tertiary/aromatic N) is 4. The fourth-order valence-corrected chi connectivity index (χ4v) is 4.63. The summed E-state index contributed by atoms with van der Waals surface area (Å²) in [6.45, 7) is 3.90. The minimum atomic E-state index is -0.274. The van der Waals surface area contributed by atoms with Crippen LogP contribution < -0.4 is 4.74 Å². The Bertz CT molecular complexity index is 1470. The molecular formula is C27H25FN6O. The van der Waals surface area contributed by atoms with Gasteiger partial charge in [-0.2, -0.15) is 5.10 Å². The lowest BCUT2D eigenvalue weighted by Gasteiger charge is -2.14. The average Bonchev–Trinajstić information content (AvgIpc) is 3.64. The van der Waals surface area contributed by atoms with Gasteiger partial charge in [0.2, 0.25) is 0 Å². The first-order valence-corrected chi connectivity index (χ1v) is 11.8. The van der Waals surface area contributed by atoms with Gasteiger partial charge in [-0.05, 0) is 61.8 Å². The zero-order valence-electron chi connectivity index (χ0n) is 19.2. The van der Waals surface area contributed by atoms with Crippen molar-refractivity contribution in [2.75, 3.05) is 26.2 Å². The van der Waals surface area contributed by atoms with Gasteiger partial charge in [0, 0.05) is 35.5 Å². The molecule has 0 aliphatic carbocycles. The lowest BCUT2D eigenvalue weighted by atomic mass is 10.0. The molecule has 1 aromatic carbocycles. The van der Waals surface area contributed by atoms with Gasteiger partial charge in [0.05, 0.1) is 35.0 Å². The topological polar surface area (TPSA) is 82.7 Å². The van der Waals surface area contributed by atoms with Gasteiger partial charge in [-0.1, -0.05) is 12.1 Å². The first-order valence-electron chi connectivity index (χ1n) is 11.8. The van der Waals surface area contributed by atoms with Gasteiger partial charge in [0.15, 0.2) is 0 Å². The number of nitrogens with one attached hydrogen (secondary N) is 2. The van der Waals surface area contributed by atoms with E-state index in [1.54, 1.807) is 30.9 Å². The van der Waals surface area contributed by atoms with Crippen molar-refractivity contribution in [3.63, 3.8) is 0 Å². The van der Waals surface area contributed by atoms with Crippen LogP contribution in [-0.2, 0) is 0 Å². The average molecular weight is 469 g/mol. The highest BCUT2D eigenvalue weighted by Gasteiger charge is 2.14. The Balaban J connectivity index is 1.23. The summed E-state index contributed by atoms with van der Waals surface area (Å²) in [5.74, 6) is 0.465. The number of halogens is 1. The van der Waals surface area contributed by atoms with Gasteiger partial charge in [-0.15, -0.1) is 0 Å². The number of hydrogen-bond donors (Lipinski definition) is 2. The third kappa shape index (κ3) is 4.52. The molecule has 1 fully saturated rings. The Labute approximate surface area is 202 Å². The smallest absolute Gasteiger partial charge is 0.138 e. The molecule has 176 valence electrons. The van der Waals surface area contributed by atoms with E-state index < -0.39 is 0 Å². The van der Waals surface area contributed by atoms with Crippen LogP contribution in [0.25, 0.3) is 44.7 Å². The van der Waals surface area contributed by atoms with Crippen LogP contribution in [0.3, 0.4) is 0 Å². The Hall–Kier alpha value is -4.04. The molecule has 0 radical (unpaired) electrons. The molecular weight excluding hydrogens is 443 g/mol. The normalized spacial score (nSPS) is 14.1. The minimum absolute atomic E-state index is 0.274. The summed E-state index contributed by atoms with van der Waals surface area (Å²) in [6, 6.07) is 12.5. The first kappa shape index (κ1) is 21.5. The minimum Gasteiger partial charge on any atom is -0.491 e. The number of ether oxygens (including phenoxy) is 1. The van der Waals surface area contributed by atoms with Crippen LogP contribution in [0.5, 0.6) is 5.75 Å². The van der Waals surface area contributed by atoms with Crippen molar-refractivity contribution in [3.8, 4) is 39.5 Å². The second kappa shape index (κ2) is 9.31. The maximum atomic E-state index is 13.8. The van der Waals surface area contributed by atoms with Gasteiger partial charge >= 0.3 is 0 Å². The zero-order chi connectivity index (χ0) is 23.6. The molecule has 0 spiro atoms. The maximum absolute atomic E-state index is 13.8. The highest BCUT2D eigenvalue weighted by Crippen LogP contribution is 2.32. The molecule has 0 amide bonds. The Morgan fingerprint density at radius 2 is 1.80 bits per heavy atom. The van der Waals surface area contributed by atoms with Crippen LogP contribution >= 0.6 is 0 Å². The van der Waals surface area contributed by atoms with E-state index in [1.165, 1.54) is 25.0 Å². The highest BCUT2D eigenvalue weighted by atomic mass is 19.1. The monoisotopic (exact) mass is 468 g/mol. The number of likely N-dealkylation sites (tertiary alicyclic amines) is 1. The van der Waals surface area contributed by atoms with Crippen LogP contribution in [0.4, 0.5) is 4.39 Å². The Morgan fingerprint density at radius 3 is 2.69 bits per heavy atom. The molecule has 5 aromatic rings. The molecule has 6 rings (SSSR count). The van der Waals surface area contributed by atoms with E-state index in [2.05, 4.69) is 30.0 Å². The fraction of sp³-hybridized carbons (Fsp3) is 0.222. The number of rotatable bonds is 7. The van der Waals surface area contributed by atoms with Crippen molar-refractivity contribution in [1.29, 1.82) is 0 Å². The number of benzene rings is 1. The van der Waals surface area contributed by atoms with Crippen molar-refractivity contribution in [2.24, 2.45) is 0 Å². The van der Waals surface area contributed by atoms with Crippen LogP contribution in [0.1, 0.15) is 12.8 Å². The molecule has 8 heteroatoms. The van der Waals surface area contributed by atoms with Crippen molar-refractivity contribution in [1.82, 2.24) is 30.0 Å². The predicted molar refractivity (Wildman–Crippen MR) is 133 cm³/mol. The molecule has 1 aliphatic rings. The quantitative estimate of drug-likeness (QED) is 0.339. The number of hydrogen-bond acceptors (Lipinski definition) is 5. The standard InChI is InChI=1S/C27H25FN6O/c28-20-5-3-4-18(10-20)23-16-30-17-27-22(23)12-25(31-27)26-13-24(32-33-26)19-11-21(15-29-14-19)35-9-8-34-6-1-2-7-34/h3-5,10-17,31H,1-2,6-9H2,(H,32,33). The zero-order valence-corrected chi connectivity index (χ0v) is 19.2. The molecule has 4 aromatic heterocycles. The molecule has 2 N–H and O–H groups in total. The fourth-order valence-electron chi connectivity index (χ4n) is 4.63. The van der Waals surface area contributed by atoms with E-state index in [9.17, 15) is 4.39 Å². The summed E-state index contributed by atoms with van der Waals surface area (Å²) >= 11 is 0. The summed E-state index contributed by atoms with van der Waals surface area (Å²) in [7, 11) is 0. The van der Waals surface area contributed by atoms with Gasteiger partial charge in [-0.25, -0.2) is 4.39 Å². The number of fused-ring (bicyclic) bond motifs is 1. The number of H-pyrrole nitrogens is 2. The Morgan fingerprint density at radius 1 is 0.914 bits per heavy atom. The summed E-state index contributed by atoms with van der Waals surface area (Å²) < 4.78 is 19.7. The largest absolute Gasteiger partial charge is 0.491 e. The van der Waals surface area contributed by atoms with E-state index in [1.807, 2.05) is 24.3 Å². The summed E-state index contributed by atoms with van der Waals surface area (Å²) in [6.07, 6.45) is 9.60. The summed E-state index contributed by atoms with van der Waals surface area (Å²) in [5.41, 5.74) is 5.88. The lowest BCUT2D eigenvalue weighted by Crippen LogP contribution is -2.25. The third-order valence-corrected chi connectivity index (χ3v) is 6.43. The maximum Gasteiger partial charge on any atom is 0.138 e. The number of aromatic amines is 2. The molecule has 1 aliphatic heterocycles. The van der Waals surface area contributed by atoms with E-state index in [4.69, 9.17) is 4.74 Å². The molecule has 35 heavy (non-hydrogen) atoms. The first-order chi connectivity index (χ1) is 17.2. The molecule has 0 bridgehead atoms. The highest BCUT2D eigenvalue weighted by molar-refractivity contribution is 5.97. The molecule has 0 atom stereocenters. The van der Waals surface area contributed by atoms with Crippen LogP contribution in [0.2, 0.25) is 0 Å². The molecule has 5 heterocycles. The second-order valence-electron chi connectivity index (χ2n) is 8.82. The van der Waals surface area contributed by atoms with Gasteiger partial charge in [0.1, 0.15) is 18.2 Å². The third-order valence-electron chi connectivity index (χ3n) is 6.43. The second-order valence-corrected chi connectivity index (χ2v) is 8.82. The summed E-state index contributed by atoms with van der Waals surface area (Å²) in [4.78, 5) is 14.5. The van der Waals surface area contributed by atoms with Crippen molar-refractivity contribution >= 4 is 10.9 Å². The summed E-state index contributed by atoms with van der Waals surface area (Å²) in [5, 5.41) is 8.57. The number of aromatic nitrogens is 5. The molecule has 0 unspecified atom stereocenters. The van der Waals surface area contributed by atoms with Crippen molar-refractivity contribution in [3.05, 3.63) is 73.1 Å². The predicted octanol–water partition coefficient (Wildman–Crippen LogP) is 5.30. The van der Waals surface area contributed by atoms with E-state index >= 15 is 0 Å². The van der Waals surface area contributed by atoms with Crippen LogP contribution in [-0.4, -0.2) is 56.3 Å². The van der Waals surface area contributed by atoms with E-state index in [0.717, 1.165) is 70.1 Å². The number of pyridine rings is 2.